The number of morpholine rings is 1. The van der Waals surface area contributed by atoms with Crippen molar-refractivity contribution in [3.8, 4) is 0 Å². The molecule has 2 unspecified atom stereocenters. The van der Waals surface area contributed by atoms with Gasteiger partial charge in [0.1, 0.15) is 0 Å². The van der Waals surface area contributed by atoms with E-state index in [1.807, 2.05) is 0 Å². The summed E-state index contributed by atoms with van der Waals surface area (Å²) in [5.74, 6) is 0.682. The molecular weight excluding hydrogens is 200 g/mol. The van der Waals surface area contributed by atoms with E-state index < -0.39 is 0 Å². The van der Waals surface area contributed by atoms with Crippen LogP contribution in [0.25, 0.3) is 0 Å². The molecule has 1 saturated heterocycles. The normalized spacial score (nSPS) is 36.2. The maximum Gasteiger partial charge on any atom is 0.0594 e. The van der Waals surface area contributed by atoms with Crippen LogP contribution in [-0.4, -0.2) is 43.8 Å². The summed E-state index contributed by atoms with van der Waals surface area (Å²) in [6.07, 6.45) is 3.77. The highest BCUT2D eigenvalue weighted by atomic mass is 16.5. The first-order valence-electron chi connectivity index (χ1n) is 6.62. The second-order valence-corrected chi connectivity index (χ2v) is 6.24. The summed E-state index contributed by atoms with van der Waals surface area (Å²) in [6, 6.07) is 0.413. The van der Waals surface area contributed by atoms with Crippen molar-refractivity contribution in [1.82, 2.24) is 4.90 Å². The monoisotopic (exact) mass is 226 g/mol. The van der Waals surface area contributed by atoms with Gasteiger partial charge in [0.2, 0.25) is 0 Å². The summed E-state index contributed by atoms with van der Waals surface area (Å²) < 4.78 is 5.38. The highest BCUT2D eigenvalue weighted by Crippen LogP contribution is 2.38. The molecule has 2 fully saturated rings. The summed E-state index contributed by atoms with van der Waals surface area (Å²) in [5.41, 5.74) is 6.75. The Kier molecular flexibility index (Phi) is 3.88. The molecule has 0 amide bonds. The van der Waals surface area contributed by atoms with Gasteiger partial charge >= 0.3 is 0 Å². The van der Waals surface area contributed by atoms with Crippen LogP contribution in [0.4, 0.5) is 0 Å². The smallest absolute Gasteiger partial charge is 0.0594 e. The molecule has 2 atom stereocenters. The zero-order valence-corrected chi connectivity index (χ0v) is 10.7. The Morgan fingerprint density at radius 3 is 2.69 bits per heavy atom. The van der Waals surface area contributed by atoms with E-state index in [0.717, 1.165) is 26.3 Å². The Morgan fingerprint density at radius 1 is 1.31 bits per heavy atom. The van der Waals surface area contributed by atoms with Gasteiger partial charge in [0, 0.05) is 25.7 Å². The molecule has 16 heavy (non-hydrogen) atoms. The molecule has 0 aromatic heterocycles. The molecular formula is C13H26N2O. The molecule has 3 nitrogen and oxygen atoms in total. The number of rotatable bonds is 2. The van der Waals surface area contributed by atoms with Crippen LogP contribution in [-0.2, 0) is 4.74 Å². The number of ether oxygens (including phenoxy) is 1. The molecule has 1 heterocycles. The maximum absolute atomic E-state index is 6.26. The lowest BCUT2D eigenvalue weighted by Crippen LogP contribution is -2.47. The molecule has 1 aliphatic heterocycles. The fourth-order valence-corrected chi connectivity index (χ4v) is 3.07. The Morgan fingerprint density at radius 2 is 2.00 bits per heavy atom. The lowest BCUT2D eigenvalue weighted by atomic mass is 9.70. The van der Waals surface area contributed by atoms with Crippen molar-refractivity contribution in [3.63, 3.8) is 0 Å². The van der Waals surface area contributed by atoms with Crippen LogP contribution in [0.15, 0.2) is 0 Å². The van der Waals surface area contributed by atoms with Crippen LogP contribution >= 0.6 is 0 Å². The molecule has 1 saturated carbocycles. The van der Waals surface area contributed by atoms with E-state index in [9.17, 15) is 0 Å². The van der Waals surface area contributed by atoms with Crippen molar-refractivity contribution < 1.29 is 4.74 Å². The van der Waals surface area contributed by atoms with Gasteiger partial charge in [-0.15, -0.1) is 0 Å². The minimum Gasteiger partial charge on any atom is -0.379 e. The van der Waals surface area contributed by atoms with Crippen LogP contribution in [0, 0.1) is 11.3 Å². The SMILES string of the molecule is CC1(C)CCC(N)C(CN2CCOCC2)C1. The molecule has 2 aliphatic rings. The Balaban J connectivity index is 1.86. The van der Waals surface area contributed by atoms with Crippen LogP contribution in [0.1, 0.15) is 33.1 Å². The van der Waals surface area contributed by atoms with Gasteiger partial charge in [0.15, 0.2) is 0 Å². The minimum atomic E-state index is 0.413. The summed E-state index contributed by atoms with van der Waals surface area (Å²) >= 11 is 0. The van der Waals surface area contributed by atoms with Crippen molar-refractivity contribution in [2.75, 3.05) is 32.8 Å². The summed E-state index contributed by atoms with van der Waals surface area (Å²) in [7, 11) is 0. The van der Waals surface area contributed by atoms with Crippen molar-refractivity contribution in [1.29, 1.82) is 0 Å². The average molecular weight is 226 g/mol. The summed E-state index contributed by atoms with van der Waals surface area (Å²) in [6.45, 7) is 9.90. The van der Waals surface area contributed by atoms with E-state index in [2.05, 4.69) is 18.7 Å². The third-order valence-electron chi connectivity index (χ3n) is 4.17. The highest BCUT2D eigenvalue weighted by Gasteiger charge is 2.33. The van der Waals surface area contributed by atoms with Crippen molar-refractivity contribution in [2.45, 2.75) is 39.2 Å². The van der Waals surface area contributed by atoms with Gasteiger partial charge in [-0.05, 0) is 30.6 Å². The Labute approximate surface area is 99.3 Å². The standard InChI is InChI=1S/C13H26N2O/c1-13(2)4-3-12(14)11(9-13)10-15-5-7-16-8-6-15/h11-12H,3-10,14H2,1-2H3. The van der Waals surface area contributed by atoms with Gasteiger partial charge in [-0.3, -0.25) is 4.90 Å². The molecule has 2 N–H and O–H groups in total. The number of hydrogen-bond donors (Lipinski definition) is 1. The number of nitrogens with zero attached hydrogens (tertiary/aromatic N) is 1. The maximum atomic E-state index is 6.26. The first kappa shape index (κ1) is 12.3. The quantitative estimate of drug-likeness (QED) is 0.775. The van der Waals surface area contributed by atoms with E-state index in [4.69, 9.17) is 10.5 Å². The van der Waals surface area contributed by atoms with E-state index in [1.165, 1.54) is 25.8 Å². The van der Waals surface area contributed by atoms with Crippen LogP contribution in [0.3, 0.4) is 0 Å². The number of hydrogen-bond acceptors (Lipinski definition) is 3. The third-order valence-corrected chi connectivity index (χ3v) is 4.17. The van der Waals surface area contributed by atoms with Gasteiger partial charge in [0.05, 0.1) is 13.2 Å². The van der Waals surface area contributed by atoms with Crippen molar-refractivity contribution in [2.24, 2.45) is 17.1 Å². The molecule has 0 spiro atoms. The van der Waals surface area contributed by atoms with Gasteiger partial charge < -0.3 is 10.5 Å². The third kappa shape index (κ3) is 3.19. The molecule has 0 aromatic rings. The molecule has 0 bridgehead atoms. The van der Waals surface area contributed by atoms with Crippen LogP contribution in [0.2, 0.25) is 0 Å². The fraction of sp³-hybridized carbons (Fsp3) is 1.00. The van der Waals surface area contributed by atoms with Crippen LogP contribution < -0.4 is 5.73 Å². The summed E-state index contributed by atoms with van der Waals surface area (Å²) in [4.78, 5) is 2.52. The molecule has 94 valence electrons. The molecule has 0 aromatic carbocycles. The Bertz CT molecular complexity index is 224. The van der Waals surface area contributed by atoms with E-state index in [-0.39, 0.29) is 0 Å². The highest BCUT2D eigenvalue weighted by molar-refractivity contribution is 4.88. The topological polar surface area (TPSA) is 38.5 Å². The first-order valence-corrected chi connectivity index (χ1v) is 6.62. The lowest BCUT2D eigenvalue weighted by molar-refractivity contribution is 0.0187. The second kappa shape index (κ2) is 5.03. The van der Waals surface area contributed by atoms with Gasteiger partial charge in [-0.25, -0.2) is 0 Å². The van der Waals surface area contributed by atoms with Gasteiger partial charge in [0.25, 0.3) is 0 Å². The average Bonchev–Trinajstić information content (AvgIpc) is 2.25. The van der Waals surface area contributed by atoms with Gasteiger partial charge in [-0.1, -0.05) is 13.8 Å². The minimum absolute atomic E-state index is 0.413. The second-order valence-electron chi connectivity index (χ2n) is 6.24. The summed E-state index contributed by atoms with van der Waals surface area (Å²) in [5, 5.41) is 0. The zero-order chi connectivity index (χ0) is 11.6. The molecule has 1 aliphatic carbocycles. The van der Waals surface area contributed by atoms with E-state index in [1.54, 1.807) is 0 Å². The zero-order valence-electron chi connectivity index (χ0n) is 10.7. The fourth-order valence-electron chi connectivity index (χ4n) is 3.07. The van der Waals surface area contributed by atoms with E-state index in [0.29, 0.717) is 17.4 Å². The molecule has 0 radical (unpaired) electrons. The molecule has 2 rings (SSSR count). The molecule has 3 heteroatoms. The predicted octanol–water partition coefficient (Wildman–Crippen LogP) is 1.47. The number of nitrogens with two attached hydrogens (primary N) is 1. The Hall–Kier alpha value is -0.120. The van der Waals surface area contributed by atoms with Crippen molar-refractivity contribution >= 4 is 0 Å². The predicted molar refractivity (Wildman–Crippen MR) is 66.4 cm³/mol. The van der Waals surface area contributed by atoms with E-state index >= 15 is 0 Å². The van der Waals surface area contributed by atoms with Gasteiger partial charge in [-0.2, -0.15) is 0 Å². The largest absolute Gasteiger partial charge is 0.379 e. The lowest BCUT2D eigenvalue weighted by Gasteiger charge is -2.42. The van der Waals surface area contributed by atoms with Crippen molar-refractivity contribution in [3.05, 3.63) is 0 Å². The van der Waals surface area contributed by atoms with Crippen LogP contribution in [0.5, 0.6) is 0 Å². The first-order chi connectivity index (χ1) is 7.57.